The molecule has 0 radical (unpaired) electrons. The smallest absolute Gasteiger partial charge is 0.0849 e. The van der Waals surface area contributed by atoms with Crippen LogP contribution in [0.2, 0.25) is 0 Å². The van der Waals surface area contributed by atoms with E-state index in [0.717, 1.165) is 25.7 Å². The fourth-order valence-electron chi connectivity index (χ4n) is 1.52. The quantitative estimate of drug-likeness (QED) is 0.691. The molecule has 1 aliphatic carbocycles. The second-order valence-electron chi connectivity index (χ2n) is 4.36. The number of aliphatic hydroxyl groups is 1. The summed E-state index contributed by atoms with van der Waals surface area (Å²) in [5.74, 6) is 0. The van der Waals surface area contributed by atoms with E-state index in [1.165, 1.54) is 0 Å². The van der Waals surface area contributed by atoms with Gasteiger partial charge in [0.25, 0.3) is 0 Å². The van der Waals surface area contributed by atoms with Crippen LogP contribution in [0.5, 0.6) is 0 Å². The molecule has 3 unspecified atom stereocenters. The average molecular weight is 187 g/mol. The lowest BCUT2D eigenvalue weighted by atomic mass is 10.1. The molecule has 0 aliphatic heterocycles. The van der Waals surface area contributed by atoms with Crippen LogP contribution in [0.4, 0.5) is 0 Å². The van der Waals surface area contributed by atoms with Crippen molar-refractivity contribution in [1.29, 1.82) is 0 Å². The Kier molecular flexibility index (Phi) is 3.71. The molecule has 78 valence electrons. The van der Waals surface area contributed by atoms with E-state index in [0.29, 0.717) is 12.6 Å². The normalized spacial score (nSPS) is 33.2. The van der Waals surface area contributed by atoms with Crippen molar-refractivity contribution in [3.05, 3.63) is 0 Å². The third kappa shape index (κ3) is 3.63. The van der Waals surface area contributed by atoms with Crippen LogP contribution in [0.3, 0.4) is 0 Å². The van der Waals surface area contributed by atoms with Crippen LogP contribution in [0.15, 0.2) is 0 Å². The highest BCUT2D eigenvalue weighted by atomic mass is 16.5. The fourth-order valence-corrected chi connectivity index (χ4v) is 1.52. The lowest BCUT2D eigenvalue weighted by Gasteiger charge is -2.23. The fraction of sp³-hybridized carbons (Fsp3) is 1.00. The summed E-state index contributed by atoms with van der Waals surface area (Å²) >= 11 is 0. The van der Waals surface area contributed by atoms with E-state index in [4.69, 9.17) is 10.5 Å². The molecule has 1 aliphatic rings. The van der Waals surface area contributed by atoms with Crippen LogP contribution in [0, 0.1) is 0 Å². The Bertz CT molecular complexity index is 159. The lowest BCUT2D eigenvalue weighted by Crippen LogP contribution is -2.32. The van der Waals surface area contributed by atoms with Crippen molar-refractivity contribution in [3.8, 4) is 0 Å². The van der Waals surface area contributed by atoms with E-state index in [-0.39, 0.29) is 6.10 Å². The van der Waals surface area contributed by atoms with Crippen molar-refractivity contribution in [2.75, 3.05) is 6.61 Å². The molecule has 0 saturated heterocycles. The average Bonchev–Trinajstić information content (AvgIpc) is 2.48. The van der Waals surface area contributed by atoms with Crippen LogP contribution in [-0.4, -0.2) is 29.5 Å². The summed E-state index contributed by atoms with van der Waals surface area (Å²) in [4.78, 5) is 0. The topological polar surface area (TPSA) is 55.5 Å². The Balaban J connectivity index is 2.19. The van der Waals surface area contributed by atoms with Crippen molar-refractivity contribution in [1.82, 2.24) is 0 Å². The summed E-state index contributed by atoms with van der Waals surface area (Å²) in [5, 5.41) is 9.69. The molecule has 3 nitrogen and oxygen atoms in total. The minimum atomic E-state index is -0.674. The van der Waals surface area contributed by atoms with Gasteiger partial charge in [0.05, 0.1) is 18.3 Å². The number of hydrogen-bond donors (Lipinski definition) is 2. The van der Waals surface area contributed by atoms with Gasteiger partial charge in [0.1, 0.15) is 0 Å². The number of rotatable bonds is 4. The molecule has 0 bridgehead atoms. The summed E-state index contributed by atoms with van der Waals surface area (Å²) in [6.45, 7) is 4.20. The Morgan fingerprint density at radius 2 is 2.23 bits per heavy atom. The second kappa shape index (κ2) is 4.40. The molecule has 0 aromatic rings. The van der Waals surface area contributed by atoms with Gasteiger partial charge >= 0.3 is 0 Å². The third-order valence-corrected chi connectivity index (χ3v) is 2.82. The van der Waals surface area contributed by atoms with Crippen molar-refractivity contribution < 1.29 is 9.84 Å². The molecule has 3 atom stereocenters. The molecule has 0 spiro atoms. The third-order valence-electron chi connectivity index (χ3n) is 2.82. The van der Waals surface area contributed by atoms with Gasteiger partial charge in [0.2, 0.25) is 0 Å². The first-order valence-electron chi connectivity index (χ1n) is 5.13. The predicted molar refractivity (Wildman–Crippen MR) is 52.5 cm³/mol. The molecule has 1 rings (SSSR count). The van der Waals surface area contributed by atoms with Gasteiger partial charge in [-0.25, -0.2) is 0 Å². The minimum Gasteiger partial charge on any atom is -0.388 e. The van der Waals surface area contributed by atoms with E-state index in [1.54, 1.807) is 0 Å². The summed E-state index contributed by atoms with van der Waals surface area (Å²) in [5.41, 5.74) is 5.08. The van der Waals surface area contributed by atoms with E-state index in [2.05, 4.69) is 0 Å². The van der Waals surface area contributed by atoms with Crippen LogP contribution in [0.1, 0.15) is 39.5 Å². The van der Waals surface area contributed by atoms with Crippen molar-refractivity contribution in [3.63, 3.8) is 0 Å². The Labute approximate surface area is 80.3 Å². The van der Waals surface area contributed by atoms with Gasteiger partial charge in [0.15, 0.2) is 0 Å². The zero-order valence-electron chi connectivity index (χ0n) is 8.62. The highest BCUT2D eigenvalue weighted by Gasteiger charge is 2.25. The van der Waals surface area contributed by atoms with E-state index in [9.17, 15) is 5.11 Å². The van der Waals surface area contributed by atoms with Gasteiger partial charge in [-0.2, -0.15) is 0 Å². The van der Waals surface area contributed by atoms with Gasteiger partial charge in [-0.15, -0.1) is 0 Å². The van der Waals surface area contributed by atoms with Crippen molar-refractivity contribution >= 4 is 0 Å². The largest absolute Gasteiger partial charge is 0.388 e. The Morgan fingerprint density at radius 3 is 2.69 bits per heavy atom. The molecule has 0 amide bonds. The summed E-state index contributed by atoms with van der Waals surface area (Å²) in [6, 6.07) is 0.302. The molecule has 0 aromatic heterocycles. The summed E-state index contributed by atoms with van der Waals surface area (Å²) < 4.78 is 5.60. The molecular formula is C10H21NO2. The summed E-state index contributed by atoms with van der Waals surface area (Å²) in [7, 11) is 0. The molecule has 13 heavy (non-hydrogen) atoms. The highest BCUT2D eigenvalue weighted by Crippen LogP contribution is 2.22. The van der Waals surface area contributed by atoms with Crippen LogP contribution >= 0.6 is 0 Å². The summed E-state index contributed by atoms with van der Waals surface area (Å²) in [6.07, 6.45) is 4.04. The number of ether oxygens (including phenoxy) is 1. The predicted octanol–water partition coefficient (Wildman–Crippen LogP) is 1.04. The van der Waals surface area contributed by atoms with Gasteiger partial charge in [-0.05, 0) is 32.6 Å². The zero-order chi connectivity index (χ0) is 9.90. The zero-order valence-corrected chi connectivity index (χ0v) is 8.62. The van der Waals surface area contributed by atoms with Gasteiger partial charge in [0, 0.05) is 6.04 Å². The minimum absolute atomic E-state index is 0.271. The maximum absolute atomic E-state index is 9.69. The Hall–Kier alpha value is -0.120. The van der Waals surface area contributed by atoms with Crippen LogP contribution < -0.4 is 5.73 Å². The van der Waals surface area contributed by atoms with Crippen LogP contribution in [0.25, 0.3) is 0 Å². The molecular weight excluding hydrogens is 166 g/mol. The van der Waals surface area contributed by atoms with Crippen LogP contribution in [-0.2, 0) is 4.74 Å². The molecule has 1 fully saturated rings. The first-order valence-corrected chi connectivity index (χ1v) is 5.13. The SMILES string of the molecule is CCC(C)(O)COC1CCC(N)C1. The number of nitrogens with two attached hydrogens (primary N) is 1. The van der Waals surface area contributed by atoms with E-state index >= 15 is 0 Å². The lowest BCUT2D eigenvalue weighted by molar-refractivity contribution is -0.0627. The second-order valence-corrected chi connectivity index (χ2v) is 4.36. The maximum atomic E-state index is 9.69. The van der Waals surface area contributed by atoms with Crippen molar-refractivity contribution in [2.45, 2.75) is 57.3 Å². The monoisotopic (exact) mass is 187 g/mol. The molecule has 3 N–H and O–H groups in total. The van der Waals surface area contributed by atoms with Gasteiger partial charge in [-0.3, -0.25) is 0 Å². The standard InChI is InChI=1S/C10H21NO2/c1-3-10(2,12)7-13-9-5-4-8(11)6-9/h8-9,12H,3-7,11H2,1-2H3. The van der Waals surface area contributed by atoms with E-state index in [1.807, 2.05) is 13.8 Å². The number of hydrogen-bond acceptors (Lipinski definition) is 3. The Morgan fingerprint density at radius 1 is 1.54 bits per heavy atom. The van der Waals surface area contributed by atoms with Crippen molar-refractivity contribution in [2.24, 2.45) is 5.73 Å². The molecule has 0 heterocycles. The maximum Gasteiger partial charge on any atom is 0.0849 e. The molecule has 0 aromatic carbocycles. The van der Waals surface area contributed by atoms with E-state index < -0.39 is 5.60 Å². The highest BCUT2D eigenvalue weighted by molar-refractivity contribution is 4.79. The van der Waals surface area contributed by atoms with Gasteiger partial charge in [-0.1, -0.05) is 6.92 Å². The first kappa shape index (κ1) is 11.0. The first-order chi connectivity index (χ1) is 6.03. The molecule has 1 saturated carbocycles. The molecule has 3 heteroatoms. The van der Waals surface area contributed by atoms with Gasteiger partial charge < -0.3 is 15.6 Å².